The van der Waals surface area contributed by atoms with Gasteiger partial charge in [-0.2, -0.15) is 0 Å². The van der Waals surface area contributed by atoms with E-state index in [1.165, 1.54) is 0 Å². The molecule has 0 aliphatic rings. The van der Waals surface area contributed by atoms with Crippen LogP contribution in [0.4, 0.5) is 0 Å². The first-order valence-electron chi connectivity index (χ1n) is 5.34. The van der Waals surface area contributed by atoms with Crippen molar-refractivity contribution in [2.24, 2.45) is 5.92 Å². The number of rotatable bonds is 7. The second-order valence-corrected chi connectivity index (χ2v) is 6.01. The Labute approximate surface area is 93.7 Å². The second-order valence-electron chi connectivity index (χ2n) is 4.13. The Kier molecular flexibility index (Phi) is 6.62. The third-order valence-electron chi connectivity index (χ3n) is 2.17. The van der Waals surface area contributed by atoms with Crippen LogP contribution in [0.1, 0.15) is 40.0 Å². The molecule has 1 unspecified atom stereocenters. The zero-order valence-corrected chi connectivity index (χ0v) is 10.6. The van der Waals surface area contributed by atoms with Gasteiger partial charge in [-0.3, -0.25) is 0 Å². The van der Waals surface area contributed by atoms with Crippen LogP contribution in [0.2, 0.25) is 0 Å². The van der Waals surface area contributed by atoms with E-state index in [1.807, 2.05) is 20.8 Å². The Morgan fingerprint density at radius 3 is 2.40 bits per heavy atom. The third-order valence-corrected chi connectivity index (χ3v) is 3.63. The summed E-state index contributed by atoms with van der Waals surface area (Å²) in [5.74, 6) is 3.06. The van der Waals surface area contributed by atoms with Gasteiger partial charge in [-0.25, -0.2) is 13.1 Å². The fraction of sp³-hybridized carbons (Fsp3) is 0.818. The first kappa shape index (κ1) is 14.5. The van der Waals surface area contributed by atoms with Gasteiger partial charge in [0.15, 0.2) is 0 Å². The summed E-state index contributed by atoms with van der Waals surface area (Å²) in [4.78, 5) is 0. The predicted octanol–water partition coefficient (Wildman–Crippen LogP) is 1.75. The lowest BCUT2D eigenvalue weighted by molar-refractivity contribution is 0.532. The van der Waals surface area contributed by atoms with E-state index < -0.39 is 10.0 Å². The first-order valence-corrected chi connectivity index (χ1v) is 7.00. The lowest BCUT2D eigenvalue weighted by atomic mass is 10.2. The van der Waals surface area contributed by atoms with Crippen molar-refractivity contribution in [2.75, 3.05) is 5.75 Å². The zero-order chi connectivity index (χ0) is 11.9. The number of nitrogens with one attached hydrogen (secondary N) is 1. The Morgan fingerprint density at radius 2 is 2.00 bits per heavy atom. The molecule has 0 heterocycles. The van der Waals surface area contributed by atoms with Gasteiger partial charge in [0.2, 0.25) is 10.0 Å². The highest BCUT2D eigenvalue weighted by Gasteiger charge is 2.15. The molecule has 0 aromatic heterocycles. The molecule has 88 valence electrons. The molecule has 0 aliphatic carbocycles. The van der Waals surface area contributed by atoms with Crippen molar-refractivity contribution in [3.05, 3.63) is 0 Å². The average molecular weight is 231 g/mol. The fourth-order valence-corrected chi connectivity index (χ4v) is 2.77. The monoisotopic (exact) mass is 231 g/mol. The molecule has 0 saturated carbocycles. The second kappa shape index (κ2) is 6.86. The van der Waals surface area contributed by atoms with Crippen LogP contribution in [0, 0.1) is 18.3 Å². The maximum Gasteiger partial charge on any atom is 0.211 e. The molecule has 1 atom stereocenters. The molecular weight excluding hydrogens is 210 g/mol. The standard InChI is InChI=1S/C11H21NO2S/c1-5-7-11(6-2)12-15(13,14)9-8-10(3)4/h1,10-12H,6-9H2,2-4H3. The van der Waals surface area contributed by atoms with Crippen LogP contribution >= 0.6 is 0 Å². The largest absolute Gasteiger partial charge is 0.212 e. The van der Waals surface area contributed by atoms with Crippen LogP contribution in [0.3, 0.4) is 0 Å². The van der Waals surface area contributed by atoms with E-state index in [-0.39, 0.29) is 11.8 Å². The van der Waals surface area contributed by atoms with Crippen LogP contribution in [0.5, 0.6) is 0 Å². The van der Waals surface area contributed by atoms with Crippen LogP contribution < -0.4 is 4.72 Å². The van der Waals surface area contributed by atoms with Gasteiger partial charge in [-0.15, -0.1) is 12.3 Å². The van der Waals surface area contributed by atoms with Gasteiger partial charge in [-0.1, -0.05) is 20.8 Å². The lowest BCUT2D eigenvalue weighted by Gasteiger charge is -2.15. The van der Waals surface area contributed by atoms with Crippen molar-refractivity contribution in [2.45, 2.75) is 46.1 Å². The summed E-state index contributed by atoms with van der Waals surface area (Å²) in [6.07, 6.45) is 7.03. The van der Waals surface area contributed by atoms with Crippen molar-refractivity contribution in [1.82, 2.24) is 4.72 Å². The molecule has 0 bridgehead atoms. The molecule has 1 N–H and O–H groups in total. The van der Waals surface area contributed by atoms with Crippen molar-refractivity contribution >= 4 is 10.0 Å². The van der Waals surface area contributed by atoms with Crippen molar-refractivity contribution in [3.63, 3.8) is 0 Å². The van der Waals surface area contributed by atoms with Crippen molar-refractivity contribution in [3.8, 4) is 12.3 Å². The summed E-state index contributed by atoms with van der Waals surface area (Å²) in [5, 5.41) is 0. The number of hydrogen-bond donors (Lipinski definition) is 1. The van der Waals surface area contributed by atoms with Crippen LogP contribution in [0.15, 0.2) is 0 Å². The van der Waals surface area contributed by atoms with Gasteiger partial charge < -0.3 is 0 Å². The number of sulfonamides is 1. The first-order chi connectivity index (χ1) is 6.91. The Hall–Kier alpha value is -0.530. The van der Waals surface area contributed by atoms with Crippen LogP contribution in [0.25, 0.3) is 0 Å². The molecule has 4 heteroatoms. The molecule has 0 amide bonds. The molecule has 0 saturated heterocycles. The molecule has 0 spiro atoms. The quantitative estimate of drug-likeness (QED) is 0.679. The van der Waals surface area contributed by atoms with Gasteiger partial charge in [-0.05, 0) is 18.8 Å². The summed E-state index contributed by atoms with van der Waals surface area (Å²) in [7, 11) is -3.16. The highest BCUT2D eigenvalue weighted by Crippen LogP contribution is 2.04. The Morgan fingerprint density at radius 1 is 1.40 bits per heavy atom. The zero-order valence-electron chi connectivity index (χ0n) is 9.79. The van der Waals surface area contributed by atoms with Gasteiger partial charge in [0.05, 0.1) is 5.75 Å². The summed E-state index contributed by atoms with van der Waals surface area (Å²) in [6, 6.07) is -0.118. The van der Waals surface area contributed by atoms with E-state index >= 15 is 0 Å². The van der Waals surface area contributed by atoms with Crippen LogP contribution in [-0.2, 0) is 10.0 Å². The molecule has 0 aromatic carbocycles. The predicted molar refractivity (Wildman–Crippen MR) is 63.9 cm³/mol. The van der Waals surface area contributed by atoms with Gasteiger partial charge in [0.1, 0.15) is 0 Å². The van der Waals surface area contributed by atoms with Crippen LogP contribution in [-0.4, -0.2) is 20.2 Å². The number of terminal acetylenes is 1. The van der Waals surface area contributed by atoms with Crippen molar-refractivity contribution < 1.29 is 8.42 Å². The van der Waals surface area contributed by atoms with E-state index in [4.69, 9.17) is 6.42 Å². The molecule has 0 fully saturated rings. The van der Waals surface area contributed by atoms with E-state index in [0.717, 1.165) is 6.42 Å². The minimum atomic E-state index is -3.16. The Bertz CT molecular complexity index is 301. The smallest absolute Gasteiger partial charge is 0.211 e. The molecule has 0 rings (SSSR count). The molecule has 0 aromatic rings. The lowest BCUT2D eigenvalue weighted by Crippen LogP contribution is -2.36. The van der Waals surface area contributed by atoms with Gasteiger partial charge >= 0.3 is 0 Å². The topological polar surface area (TPSA) is 46.2 Å². The maximum atomic E-state index is 11.6. The minimum Gasteiger partial charge on any atom is -0.212 e. The summed E-state index contributed by atoms with van der Waals surface area (Å²) >= 11 is 0. The number of hydrogen-bond acceptors (Lipinski definition) is 2. The molecular formula is C11H21NO2S. The molecule has 0 radical (unpaired) electrons. The summed E-state index contributed by atoms with van der Waals surface area (Å²) in [5.41, 5.74) is 0. The highest BCUT2D eigenvalue weighted by atomic mass is 32.2. The normalized spacial score (nSPS) is 13.8. The summed E-state index contributed by atoms with van der Waals surface area (Å²) < 4.78 is 25.8. The fourth-order valence-electron chi connectivity index (χ4n) is 1.12. The maximum absolute atomic E-state index is 11.6. The Balaban J connectivity index is 4.18. The van der Waals surface area contributed by atoms with Crippen molar-refractivity contribution in [1.29, 1.82) is 0 Å². The summed E-state index contributed by atoms with van der Waals surface area (Å²) in [6.45, 7) is 5.94. The van der Waals surface area contributed by atoms with E-state index in [0.29, 0.717) is 18.8 Å². The molecule has 15 heavy (non-hydrogen) atoms. The van der Waals surface area contributed by atoms with E-state index in [1.54, 1.807) is 0 Å². The van der Waals surface area contributed by atoms with Gasteiger partial charge in [0.25, 0.3) is 0 Å². The third kappa shape index (κ3) is 7.40. The van der Waals surface area contributed by atoms with E-state index in [9.17, 15) is 8.42 Å². The van der Waals surface area contributed by atoms with Gasteiger partial charge in [0, 0.05) is 12.5 Å². The average Bonchev–Trinajstić information content (AvgIpc) is 2.14. The minimum absolute atomic E-state index is 0.118. The SMILES string of the molecule is C#CCC(CC)NS(=O)(=O)CCC(C)C. The molecule has 3 nitrogen and oxygen atoms in total. The van der Waals surface area contributed by atoms with E-state index in [2.05, 4.69) is 10.6 Å². The molecule has 0 aliphatic heterocycles. The highest BCUT2D eigenvalue weighted by molar-refractivity contribution is 7.89.